The highest BCUT2D eigenvalue weighted by atomic mass is 16.6. The first-order chi connectivity index (χ1) is 6.68. The smallest absolute Gasteiger partial charge is 0.143 e. The van der Waals surface area contributed by atoms with Crippen LogP contribution in [0.5, 0.6) is 0 Å². The lowest BCUT2D eigenvalue weighted by Gasteiger charge is -2.27. The molecule has 86 valence electrons. The Morgan fingerprint density at radius 2 is 1.07 bits per heavy atom. The Kier molecular flexibility index (Phi) is 7.96. The van der Waals surface area contributed by atoms with Crippen molar-refractivity contribution >= 4 is 0 Å². The van der Waals surface area contributed by atoms with Crippen molar-refractivity contribution in [1.29, 1.82) is 0 Å². The molecule has 3 N–H and O–H groups in total. The molecule has 0 saturated carbocycles. The summed E-state index contributed by atoms with van der Waals surface area (Å²) in [7, 11) is 0. The van der Waals surface area contributed by atoms with E-state index in [0.717, 1.165) is 0 Å². The Hall–Kier alpha value is -0.240. The van der Waals surface area contributed by atoms with Crippen molar-refractivity contribution in [3.05, 3.63) is 0 Å². The van der Waals surface area contributed by atoms with Gasteiger partial charge in [0.15, 0.2) is 0 Å². The number of rotatable bonds is 9. The average Bonchev–Trinajstić information content (AvgIpc) is 2.21. The van der Waals surface area contributed by atoms with Crippen LogP contribution in [-0.4, -0.2) is 55.5 Å². The monoisotopic (exact) mass is 210 g/mol. The van der Waals surface area contributed by atoms with Gasteiger partial charge in [-0.1, -0.05) is 6.92 Å². The van der Waals surface area contributed by atoms with Crippen LogP contribution in [-0.2, 0) is 14.2 Å². The van der Waals surface area contributed by atoms with Gasteiger partial charge < -0.3 is 29.5 Å². The van der Waals surface area contributed by atoms with E-state index in [9.17, 15) is 0 Å². The summed E-state index contributed by atoms with van der Waals surface area (Å²) < 4.78 is 14.5. The summed E-state index contributed by atoms with van der Waals surface area (Å²) in [6, 6.07) is 0. The molecule has 0 rings (SSSR count). The maximum Gasteiger partial charge on any atom is 0.143 e. The van der Waals surface area contributed by atoms with E-state index in [0.29, 0.717) is 0 Å². The predicted molar refractivity (Wildman–Crippen MR) is 47.2 cm³/mol. The summed E-state index contributed by atoms with van der Waals surface area (Å²) in [5.74, 6) is 0. The molecule has 0 bridgehead atoms. The maximum atomic E-state index is 8.48. The third kappa shape index (κ3) is 6.25. The minimum atomic E-state index is -0.492. The highest BCUT2D eigenvalue weighted by Crippen LogP contribution is 2.17. The Labute approximate surface area is 83.0 Å². The van der Waals surface area contributed by atoms with Gasteiger partial charge in [0.2, 0.25) is 0 Å². The molecule has 0 aliphatic heterocycles. The largest absolute Gasteiger partial charge is 0.371 e. The second kappa shape index (κ2) is 8.10. The Morgan fingerprint density at radius 3 is 1.29 bits per heavy atom. The third-order valence-corrected chi connectivity index (χ3v) is 1.63. The summed E-state index contributed by atoms with van der Waals surface area (Å²) in [5, 5.41) is 25.4. The van der Waals surface area contributed by atoms with Gasteiger partial charge in [0.05, 0.1) is 19.8 Å². The zero-order valence-electron chi connectivity index (χ0n) is 8.31. The standard InChI is InChI=1S/C8H18O6/c1-8(2-12-5-9,3-13-6-10)4-14-7-11/h9-11H,2-7H2,1H3. The molecule has 0 unspecified atom stereocenters. The van der Waals surface area contributed by atoms with E-state index in [1.165, 1.54) is 0 Å². The summed E-state index contributed by atoms with van der Waals surface area (Å²) in [5.41, 5.74) is -0.492. The zero-order valence-corrected chi connectivity index (χ0v) is 8.31. The van der Waals surface area contributed by atoms with Gasteiger partial charge in [0, 0.05) is 5.41 Å². The molecular formula is C8H18O6. The summed E-state index contributed by atoms with van der Waals surface area (Å²) in [4.78, 5) is 0. The number of hydrogen-bond donors (Lipinski definition) is 3. The fourth-order valence-corrected chi connectivity index (χ4v) is 1.00. The Morgan fingerprint density at radius 1 is 0.786 bits per heavy atom. The Balaban J connectivity index is 3.89. The molecule has 0 aromatic heterocycles. The summed E-state index contributed by atoms with van der Waals surface area (Å²) >= 11 is 0. The molecule has 0 aliphatic carbocycles. The molecule has 0 saturated heterocycles. The lowest BCUT2D eigenvalue weighted by atomic mass is 9.94. The predicted octanol–water partition coefficient (Wildman–Crippen LogP) is -1.11. The molecule has 0 aliphatic rings. The molecule has 6 nitrogen and oxygen atoms in total. The molecule has 0 spiro atoms. The van der Waals surface area contributed by atoms with Crippen LogP contribution in [0.25, 0.3) is 0 Å². The molecule has 0 fully saturated rings. The highest BCUT2D eigenvalue weighted by Gasteiger charge is 2.25. The lowest BCUT2D eigenvalue weighted by Crippen LogP contribution is -2.34. The van der Waals surface area contributed by atoms with Gasteiger partial charge >= 0.3 is 0 Å². The van der Waals surface area contributed by atoms with Crippen molar-refractivity contribution < 1.29 is 29.5 Å². The third-order valence-electron chi connectivity index (χ3n) is 1.63. The Bertz CT molecular complexity index is 107. The van der Waals surface area contributed by atoms with Gasteiger partial charge in [-0.05, 0) is 0 Å². The van der Waals surface area contributed by atoms with Crippen molar-refractivity contribution in [2.24, 2.45) is 5.41 Å². The molecule has 0 aromatic carbocycles. The van der Waals surface area contributed by atoms with Crippen LogP contribution in [0.4, 0.5) is 0 Å². The van der Waals surface area contributed by atoms with Crippen molar-refractivity contribution in [2.45, 2.75) is 6.92 Å². The normalized spacial score (nSPS) is 12.0. The van der Waals surface area contributed by atoms with Crippen LogP contribution in [0.3, 0.4) is 0 Å². The second-order valence-corrected chi connectivity index (χ2v) is 3.24. The second-order valence-electron chi connectivity index (χ2n) is 3.24. The molecule has 0 amide bonds. The van der Waals surface area contributed by atoms with E-state index in [1.807, 2.05) is 0 Å². The van der Waals surface area contributed by atoms with Crippen molar-refractivity contribution in [3.8, 4) is 0 Å². The molecule has 14 heavy (non-hydrogen) atoms. The van der Waals surface area contributed by atoms with Gasteiger partial charge in [-0.3, -0.25) is 0 Å². The fourth-order valence-electron chi connectivity index (χ4n) is 1.00. The van der Waals surface area contributed by atoms with Crippen LogP contribution >= 0.6 is 0 Å². The van der Waals surface area contributed by atoms with E-state index in [-0.39, 0.29) is 40.2 Å². The SMILES string of the molecule is CC(COCO)(COCO)COCO. The number of aliphatic hydroxyl groups excluding tert-OH is 3. The quantitative estimate of drug-likeness (QED) is 0.418. The van der Waals surface area contributed by atoms with Crippen molar-refractivity contribution in [2.75, 3.05) is 40.2 Å². The fraction of sp³-hybridized carbons (Fsp3) is 1.00. The number of ether oxygens (including phenoxy) is 3. The van der Waals surface area contributed by atoms with Crippen LogP contribution in [0, 0.1) is 5.41 Å². The number of aliphatic hydroxyl groups is 3. The first kappa shape index (κ1) is 13.8. The van der Waals surface area contributed by atoms with E-state index in [1.54, 1.807) is 6.92 Å². The van der Waals surface area contributed by atoms with Crippen LogP contribution in [0.15, 0.2) is 0 Å². The van der Waals surface area contributed by atoms with Gasteiger partial charge in [-0.15, -0.1) is 0 Å². The first-order valence-corrected chi connectivity index (χ1v) is 4.24. The molecular weight excluding hydrogens is 192 g/mol. The van der Waals surface area contributed by atoms with E-state index < -0.39 is 5.41 Å². The lowest BCUT2D eigenvalue weighted by molar-refractivity contribution is -0.126. The highest BCUT2D eigenvalue weighted by molar-refractivity contribution is 4.72. The van der Waals surface area contributed by atoms with E-state index >= 15 is 0 Å². The molecule has 0 radical (unpaired) electrons. The average molecular weight is 210 g/mol. The minimum Gasteiger partial charge on any atom is -0.371 e. The van der Waals surface area contributed by atoms with Gasteiger partial charge in [-0.25, -0.2) is 0 Å². The summed E-state index contributed by atoms with van der Waals surface area (Å²) in [6.45, 7) is 1.33. The van der Waals surface area contributed by atoms with Crippen molar-refractivity contribution in [1.82, 2.24) is 0 Å². The maximum absolute atomic E-state index is 8.48. The first-order valence-electron chi connectivity index (χ1n) is 4.24. The van der Waals surface area contributed by atoms with E-state index in [2.05, 4.69) is 0 Å². The molecule has 0 aromatic rings. The molecule has 0 heterocycles. The number of hydrogen-bond acceptors (Lipinski definition) is 6. The van der Waals surface area contributed by atoms with E-state index in [4.69, 9.17) is 29.5 Å². The van der Waals surface area contributed by atoms with Gasteiger partial charge in [0.25, 0.3) is 0 Å². The molecule has 0 atom stereocenters. The topological polar surface area (TPSA) is 88.4 Å². The van der Waals surface area contributed by atoms with Crippen LogP contribution in [0.1, 0.15) is 6.92 Å². The summed E-state index contributed by atoms with van der Waals surface area (Å²) in [6.07, 6.45) is 0. The van der Waals surface area contributed by atoms with Crippen LogP contribution in [0.2, 0.25) is 0 Å². The van der Waals surface area contributed by atoms with Crippen LogP contribution < -0.4 is 0 Å². The van der Waals surface area contributed by atoms with Gasteiger partial charge in [0.1, 0.15) is 20.4 Å². The zero-order chi connectivity index (χ0) is 10.9. The van der Waals surface area contributed by atoms with Gasteiger partial charge in [-0.2, -0.15) is 0 Å². The minimum absolute atomic E-state index is 0.226. The molecule has 6 heteroatoms. The van der Waals surface area contributed by atoms with Crippen molar-refractivity contribution in [3.63, 3.8) is 0 Å².